The van der Waals surface area contributed by atoms with Crippen molar-refractivity contribution >= 4 is 23.2 Å². The molecular formula is C17H16N4O3. The zero-order valence-corrected chi connectivity index (χ0v) is 13.2. The van der Waals surface area contributed by atoms with E-state index < -0.39 is 0 Å². The minimum Gasteiger partial charge on any atom is -0.495 e. The molecule has 2 aromatic heterocycles. The van der Waals surface area contributed by atoms with Gasteiger partial charge in [0.1, 0.15) is 17.3 Å². The van der Waals surface area contributed by atoms with E-state index in [1.54, 1.807) is 38.4 Å². The normalized spacial score (nSPS) is 10.2. The standard InChI is InChI=1S/C17H16N4O3/c1-11-10-15(21-24-11)20-17(22)12-6-5-9-18-16(12)19-13-7-3-4-8-14(13)23-2/h3-10H,1-2H3,(H,18,19)(H,20,21,22). The number of amides is 1. The number of ether oxygens (including phenoxy) is 1. The van der Waals surface area contributed by atoms with Gasteiger partial charge in [-0.25, -0.2) is 4.98 Å². The van der Waals surface area contributed by atoms with Crippen LogP contribution in [-0.2, 0) is 0 Å². The Morgan fingerprint density at radius 1 is 1.21 bits per heavy atom. The maximum Gasteiger partial charge on any atom is 0.260 e. The number of pyridine rings is 1. The molecule has 0 unspecified atom stereocenters. The summed E-state index contributed by atoms with van der Waals surface area (Å²) in [6.45, 7) is 1.75. The lowest BCUT2D eigenvalue weighted by atomic mass is 10.2. The van der Waals surface area contributed by atoms with E-state index in [-0.39, 0.29) is 5.91 Å². The fourth-order valence-corrected chi connectivity index (χ4v) is 2.17. The molecule has 122 valence electrons. The molecular weight excluding hydrogens is 308 g/mol. The van der Waals surface area contributed by atoms with Crippen LogP contribution < -0.4 is 15.4 Å². The molecule has 0 radical (unpaired) electrons. The van der Waals surface area contributed by atoms with Crippen LogP contribution in [-0.4, -0.2) is 23.2 Å². The second kappa shape index (κ2) is 6.82. The Morgan fingerprint density at radius 3 is 2.79 bits per heavy atom. The summed E-state index contributed by atoms with van der Waals surface area (Å²) in [7, 11) is 1.58. The van der Waals surface area contributed by atoms with E-state index in [9.17, 15) is 4.79 Å². The Balaban J connectivity index is 1.86. The van der Waals surface area contributed by atoms with Crippen LogP contribution in [0.15, 0.2) is 53.2 Å². The third-order valence-electron chi connectivity index (χ3n) is 3.28. The van der Waals surface area contributed by atoms with Gasteiger partial charge in [0, 0.05) is 12.3 Å². The molecule has 1 aromatic carbocycles. The van der Waals surface area contributed by atoms with Gasteiger partial charge in [0.2, 0.25) is 0 Å². The highest BCUT2D eigenvalue weighted by atomic mass is 16.5. The van der Waals surface area contributed by atoms with Gasteiger partial charge in [-0.15, -0.1) is 0 Å². The molecule has 3 aromatic rings. The number of nitrogens with one attached hydrogen (secondary N) is 2. The maximum atomic E-state index is 12.5. The molecule has 2 heterocycles. The van der Waals surface area contributed by atoms with E-state index in [0.29, 0.717) is 34.4 Å². The topological polar surface area (TPSA) is 89.3 Å². The number of para-hydroxylation sites is 2. The van der Waals surface area contributed by atoms with Crippen molar-refractivity contribution in [2.45, 2.75) is 6.92 Å². The number of carbonyl (C=O) groups is 1. The van der Waals surface area contributed by atoms with Crippen molar-refractivity contribution in [1.82, 2.24) is 10.1 Å². The third-order valence-corrected chi connectivity index (χ3v) is 3.28. The van der Waals surface area contributed by atoms with Crippen LogP contribution in [0.25, 0.3) is 0 Å². The van der Waals surface area contributed by atoms with Crippen LogP contribution >= 0.6 is 0 Å². The van der Waals surface area contributed by atoms with Crippen molar-refractivity contribution in [3.63, 3.8) is 0 Å². The van der Waals surface area contributed by atoms with Crippen LogP contribution in [0.3, 0.4) is 0 Å². The Kier molecular flexibility index (Phi) is 4.42. The van der Waals surface area contributed by atoms with Crippen LogP contribution in [0.4, 0.5) is 17.3 Å². The average molecular weight is 324 g/mol. The number of anilines is 3. The van der Waals surface area contributed by atoms with Gasteiger partial charge in [0.15, 0.2) is 5.82 Å². The fourth-order valence-electron chi connectivity index (χ4n) is 2.17. The van der Waals surface area contributed by atoms with Gasteiger partial charge in [0.25, 0.3) is 5.91 Å². The minimum absolute atomic E-state index is 0.339. The first-order valence-electron chi connectivity index (χ1n) is 7.27. The highest BCUT2D eigenvalue weighted by Gasteiger charge is 2.15. The second-order valence-electron chi connectivity index (χ2n) is 5.00. The van der Waals surface area contributed by atoms with Crippen molar-refractivity contribution in [3.8, 4) is 5.75 Å². The van der Waals surface area contributed by atoms with E-state index in [1.165, 1.54) is 0 Å². The van der Waals surface area contributed by atoms with Crippen molar-refractivity contribution in [1.29, 1.82) is 0 Å². The first kappa shape index (κ1) is 15.5. The predicted octanol–water partition coefficient (Wildman–Crippen LogP) is 3.38. The lowest BCUT2D eigenvalue weighted by molar-refractivity contribution is 0.102. The quantitative estimate of drug-likeness (QED) is 0.748. The molecule has 7 heteroatoms. The van der Waals surface area contributed by atoms with Gasteiger partial charge in [-0.3, -0.25) is 4.79 Å². The first-order chi connectivity index (χ1) is 11.7. The molecule has 2 N–H and O–H groups in total. The molecule has 3 rings (SSSR count). The Hall–Kier alpha value is -3.35. The Morgan fingerprint density at radius 2 is 2.04 bits per heavy atom. The lowest BCUT2D eigenvalue weighted by Crippen LogP contribution is -2.15. The van der Waals surface area contributed by atoms with Crippen LogP contribution in [0.5, 0.6) is 5.75 Å². The van der Waals surface area contributed by atoms with Crippen molar-refractivity contribution in [3.05, 3.63) is 60.0 Å². The van der Waals surface area contributed by atoms with Gasteiger partial charge < -0.3 is 19.9 Å². The molecule has 0 aliphatic rings. The number of hydrogen-bond donors (Lipinski definition) is 2. The van der Waals surface area contributed by atoms with Gasteiger partial charge in [-0.1, -0.05) is 17.3 Å². The second-order valence-corrected chi connectivity index (χ2v) is 5.00. The summed E-state index contributed by atoms with van der Waals surface area (Å²) in [5, 5.41) is 9.56. The van der Waals surface area contributed by atoms with E-state index in [2.05, 4.69) is 20.8 Å². The highest BCUT2D eigenvalue weighted by molar-refractivity contribution is 6.07. The molecule has 0 atom stereocenters. The van der Waals surface area contributed by atoms with Crippen molar-refractivity contribution < 1.29 is 14.1 Å². The van der Waals surface area contributed by atoms with Crippen LogP contribution in [0.1, 0.15) is 16.1 Å². The summed E-state index contributed by atoms with van der Waals surface area (Å²) in [5.41, 5.74) is 1.09. The SMILES string of the molecule is COc1ccccc1Nc1ncccc1C(=O)Nc1cc(C)on1. The number of nitrogens with zero attached hydrogens (tertiary/aromatic N) is 2. The molecule has 0 aliphatic heterocycles. The van der Waals surface area contributed by atoms with E-state index >= 15 is 0 Å². The van der Waals surface area contributed by atoms with Gasteiger partial charge in [0.05, 0.1) is 18.4 Å². The number of benzene rings is 1. The summed E-state index contributed by atoms with van der Waals surface area (Å²) in [6, 6.07) is 12.4. The number of aryl methyl sites for hydroxylation is 1. The first-order valence-corrected chi connectivity index (χ1v) is 7.27. The van der Waals surface area contributed by atoms with Gasteiger partial charge >= 0.3 is 0 Å². The highest BCUT2D eigenvalue weighted by Crippen LogP contribution is 2.27. The molecule has 0 saturated carbocycles. The van der Waals surface area contributed by atoms with E-state index in [1.807, 2.05) is 24.3 Å². The average Bonchev–Trinajstić information content (AvgIpc) is 3.00. The summed E-state index contributed by atoms with van der Waals surface area (Å²) in [5.74, 6) is 1.70. The Labute approximate surface area is 138 Å². The molecule has 0 spiro atoms. The van der Waals surface area contributed by atoms with Crippen LogP contribution in [0, 0.1) is 6.92 Å². The summed E-state index contributed by atoms with van der Waals surface area (Å²) in [4.78, 5) is 16.7. The smallest absolute Gasteiger partial charge is 0.260 e. The largest absolute Gasteiger partial charge is 0.495 e. The van der Waals surface area contributed by atoms with Crippen LogP contribution in [0.2, 0.25) is 0 Å². The van der Waals surface area contributed by atoms with E-state index in [0.717, 1.165) is 0 Å². The maximum absolute atomic E-state index is 12.5. The van der Waals surface area contributed by atoms with Crippen molar-refractivity contribution in [2.75, 3.05) is 17.7 Å². The van der Waals surface area contributed by atoms with E-state index in [4.69, 9.17) is 9.26 Å². The zero-order valence-electron chi connectivity index (χ0n) is 13.2. The third kappa shape index (κ3) is 3.35. The molecule has 1 amide bonds. The zero-order chi connectivity index (χ0) is 16.9. The molecule has 0 aliphatic carbocycles. The summed E-state index contributed by atoms with van der Waals surface area (Å²) in [6.07, 6.45) is 1.61. The van der Waals surface area contributed by atoms with Gasteiger partial charge in [-0.05, 0) is 31.2 Å². The minimum atomic E-state index is -0.339. The van der Waals surface area contributed by atoms with Gasteiger partial charge in [-0.2, -0.15) is 0 Å². The lowest BCUT2D eigenvalue weighted by Gasteiger charge is -2.12. The summed E-state index contributed by atoms with van der Waals surface area (Å²) >= 11 is 0. The molecule has 7 nitrogen and oxygen atoms in total. The monoisotopic (exact) mass is 324 g/mol. The molecule has 24 heavy (non-hydrogen) atoms. The number of methoxy groups -OCH3 is 1. The summed E-state index contributed by atoms with van der Waals surface area (Å²) < 4.78 is 10.2. The molecule has 0 saturated heterocycles. The number of carbonyl (C=O) groups excluding carboxylic acids is 1. The number of aromatic nitrogens is 2. The number of hydrogen-bond acceptors (Lipinski definition) is 6. The fraction of sp³-hybridized carbons (Fsp3) is 0.118. The van der Waals surface area contributed by atoms with Crippen molar-refractivity contribution in [2.24, 2.45) is 0 Å². The Bertz CT molecular complexity index is 860. The number of rotatable bonds is 5. The molecule has 0 bridgehead atoms. The predicted molar refractivity (Wildman–Crippen MR) is 89.7 cm³/mol. The molecule has 0 fully saturated rings.